The molecule has 0 radical (unpaired) electrons. The summed E-state index contributed by atoms with van der Waals surface area (Å²) in [6.07, 6.45) is -7.45. The van der Waals surface area contributed by atoms with Crippen molar-refractivity contribution in [3.63, 3.8) is 0 Å². The van der Waals surface area contributed by atoms with Crippen LogP contribution in [0.3, 0.4) is 0 Å². The van der Waals surface area contributed by atoms with Crippen molar-refractivity contribution in [3.05, 3.63) is 16.7 Å². The van der Waals surface area contributed by atoms with Crippen LogP contribution in [0.15, 0.2) is 11.1 Å². The largest absolute Gasteiger partial charge is 0.391 e. The summed E-state index contributed by atoms with van der Waals surface area (Å²) in [5.41, 5.74) is 22.6. The number of nitrogens with one attached hydrogen (secondary N) is 2. The van der Waals surface area contributed by atoms with Crippen molar-refractivity contribution < 1.29 is 39.7 Å². The summed E-state index contributed by atoms with van der Waals surface area (Å²) in [5.74, 6) is -1.19. The topological polar surface area (TPSA) is 305 Å². The van der Waals surface area contributed by atoms with Gasteiger partial charge < -0.3 is 58.0 Å². The summed E-state index contributed by atoms with van der Waals surface area (Å²) in [5, 5.41) is 43.8. The molecule has 2 fully saturated rings. The van der Waals surface area contributed by atoms with Gasteiger partial charge in [0, 0.05) is 12.5 Å². The molecule has 2 aromatic heterocycles. The molecular formula is C20H33N9O9. The van der Waals surface area contributed by atoms with Crippen LogP contribution in [-0.4, -0.2) is 114 Å². The number of aliphatic hydroxyl groups excluding tert-OH is 4. The number of imidazole rings is 1. The first kappa shape index (κ1) is 28.2. The van der Waals surface area contributed by atoms with E-state index in [2.05, 4.69) is 20.3 Å². The van der Waals surface area contributed by atoms with E-state index in [0.29, 0.717) is 0 Å². The van der Waals surface area contributed by atoms with Crippen molar-refractivity contribution in [1.82, 2.24) is 24.8 Å². The maximum absolute atomic E-state index is 12.5. The predicted octanol–water partition coefficient (Wildman–Crippen LogP) is -6.06. The second-order valence-corrected chi connectivity index (χ2v) is 9.43. The SMILES string of the molecule is NC[C@H]1C[C@@H](O)[C@H](N)[C@@H](O)[C@@H]1OO[C@H]1O[C@H](CNC(=O)Cn2cnc3c(=O)[nH]c(N)nc32)[C@@H](O)[C@H](O)[C@H]1N. The number of fused-ring (bicyclic) bond motifs is 1. The Balaban J connectivity index is 1.36. The van der Waals surface area contributed by atoms with Crippen molar-refractivity contribution in [3.8, 4) is 0 Å². The van der Waals surface area contributed by atoms with Crippen molar-refractivity contribution in [2.75, 3.05) is 18.8 Å². The Bertz CT molecular complexity index is 1180. The average Bonchev–Trinajstić information content (AvgIpc) is 3.28. The van der Waals surface area contributed by atoms with E-state index >= 15 is 0 Å². The Kier molecular flexibility index (Phi) is 8.57. The van der Waals surface area contributed by atoms with Crippen molar-refractivity contribution in [2.45, 2.75) is 68.0 Å². The standard InChI is InChI=1S/C20H33N9O9/c21-2-6-1-7(30)10(22)15(34)16(6)37-38-19-11(23)14(33)13(32)8(36-19)3-25-9(31)4-29-5-26-12-17(29)27-20(24)28-18(12)35/h5-8,10-11,13-16,19,30,32-34H,1-4,21-23H2,(H,25,31)(H3,24,27,28,35)/t6-,7-,8-,10+,11-,13-,14-,15-,16-,19-/m1/s1. The number of nitrogens with two attached hydrogens (primary N) is 4. The van der Waals surface area contributed by atoms with Gasteiger partial charge in [0.25, 0.3) is 5.56 Å². The molecule has 18 nitrogen and oxygen atoms in total. The molecule has 10 atom stereocenters. The summed E-state index contributed by atoms with van der Waals surface area (Å²) in [6, 6.07) is -2.25. The number of aliphatic hydroxyl groups is 4. The van der Waals surface area contributed by atoms with Gasteiger partial charge in [-0.2, -0.15) is 4.98 Å². The lowest BCUT2D eigenvalue weighted by Gasteiger charge is -2.43. The molecule has 1 aliphatic carbocycles. The van der Waals surface area contributed by atoms with E-state index < -0.39 is 72.4 Å². The van der Waals surface area contributed by atoms with E-state index in [4.69, 9.17) is 37.4 Å². The zero-order valence-corrected chi connectivity index (χ0v) is 20.2. The number of hydrogen-bond donors (Lipinski definition) is 10. The van der Waals surface area contributed by atoms with E-state index in [0.717, 1.165) is 0 Å². The predicted molar refractivity (Wildman–Crippen MR) is 127 cm³/mol. The molecule has 14 N–H and O–H groups in total. The number of aromatic nitrogens is 4. The minimum Gasteiger partial charge on any atom is -0.391 e. The van der Waals surface area contributed by atoms with Crippen LogP contribution in [0.5, 0.6) is 0 Å². The average molecular weight is 544 g/mol. The first-order valence-electron chi connectivity index (χ1n) is 11.9. The molecule has 1 aliphatic heterocycles. The fraction of sp³-hybridized carbons (Fsp3) is 0.700. The van der Waals surface area contributed by atoms with Gasteiger partial charge in [-0.3, -0.25) is 14.6 Å². The van der Waals surface area contributed by atoms with Gasteiger partial charge in [-0.1, -0.05) is 0 Å². The lowest BCUT2D eigenvalue weighted by atomic mass is 9.80. The van der Waals surface area contributed by atoms with Crippen LogP contribution in [0, 0.1) is 5.92 Å². The number of nitrogens with zero attached hydrogens (tertiary/aromatic N) is 3. The number of carbonyl (C=O) groups is 1. The molecule has 3 heterocycles. The highest BCUT2D eigenvalue weighted by Crippen LogP contribution is 2.29. The Morgan fingerprint density at radius 3 is 2.63 bits per heavy atom. The fourth-order valence-corrected chi connectivity index (χ4v) is 4.53. The number of carbonyl (C=O) groups excluding carboxylic acids is 1. The monoisotopic (exact) mass is 543 g/mol. The molecule has 38 heavy (non-hydrogen) atoms. The first-order chi connectivity index (χ1) is 18.0. The van der Waals surface area contributed by atoms with Gasteiger partial charge in [-0.25, -0.2) is 14.8 Å². The first-order valence-corrected chi connectivity index (χ1v) is 11.9. The summed E-state index contributed by atoms with van der Waals surface area (Å²) in [6.45, 7) is -0.488. The van der Waals surface area contributed by atoms with Crippen LogP contribution in [0.25, 0.3) is 11.2 Å². The molecule has 0 aromatic carbocycles. The van der Waals surface area contributed by atoms with Crippen molar-refractivity contribution >= 4 is 23.0 Å². The van der Waals surface area contributed by atoms with Gasteiger partial charge in [0.1, 0.15) is 37.1 Å². The van der Waals surface area contributed by atoms with Gasteiger partial charge >= 0.3 is 0 Å². The van der Waals surface area contributed by atoms with Gasteiger partial charge in [0.05, 0.1) is 24.5 Å². The van der Waals surface area contributed by atoms with Crippen molar-refractivity contribution in [2.24, 2.45) is 23.1 Å². The van der Waals surface area contributed by atoms with E-state index in [1.807, 2.05) is 0 Å². The summed E-state index contributed by atoms with van der Waals surface area (Å²) >= 11 is 0. The molecule has 2 aliphatic rings. The van der Waals surface area contributed by atoms with Crippen LogP contribution in [0.1, 0.15) is 6.42 Å². The number of H-pyrrole nitrogens is 1. The number of rotatable bonds is 8. The summed E-state index contributed by atoms with van der Waals surface area (Å²) < 4.78 is 6.94. The number of ether oxygens (including phenoxy) is 1. The molecule has 0 bridgehead atoms. The third kappa shape index (κ3) is 5.64. The molecule has 1 saturated heterocycles. The number of anilines is 1. The summed E-state index contributed by atoms with van der Waals surface area (Å²) in [7, 11) is 0. The Hall–Kier alpha value is -2.78. The Morgan fingerprint density at radius 1 is 1.18 bits per heavy atom. The molecule has 18 heteroatoms. The third-order valence-corrected chi connectivity index (χ3v) is 6.80. The van der Waals surface area contributed by atoms with E-state index in [-0.39, 0.29) is 43.2 Å². The Morgan fingerprint density at radius 2 is 1.92 bits per heavy atom. The van der Waals surface area contributed by atoms with Crippen LogP contribution in [0.2, 0.25) is 0 Å². The maximum Gasteiger partial charge on any atom is 0.280 e. The lowest BCUT2D eigenvalue weighted by molar-refractivity contribution is -0.438. The van der Waals surface area contributed by atoms with E-state index in [1.165, 1.54) is 10.9 Å². The summed E-state index contributed by atoms with van der Waals surface area (Å²) in [4.78, 5) is 45.3. The fourth-order valence-electron chi connectivity index (χ4n) is 4.53. The molecule has 212 valence electrons. The highest BCUT2D eigenvalue weighted by atomic mass is 17.2. The number of hydrogen-bond acceptors (Lipinski definition) is 15. The molecule has 2 aromatic rings. The molecule has 1 saturated carbocycles. The van der Waals surface area contributed by atoms with Crippen LogP contribution in [-0.2, 0) is 25.9 Å². The molecule has 0 unspecified atom stereocenters. The quantitative estimate of drug-likeness (QED) is 0.109. The van der Waals surface area contributed by atoms with Crippen LogP contribution < -0.4 is 33.8 Å². The van der Waals surface area contributed by atoms with Gasteiger partial charge in [0.2, 0.25) is 18.1 Å². The van der Waals surface area contributed by atoms with E-state index in [9.17, 15) is 30.0 Å². The van der Waals surface area contributed by atoms with Crippen LogP contribution in [0.4, 0.5) is 5.95 Å². The zero-order valence-electron chi connectivity index (χ0n) is 20.2. The number of amides is 1. The molecular weight excluding hydrogens is 510 g/mol. The third-order valence-electron chi connectivity index (χ3n) is 6.80. The van der Waals surface area contributed by atoms with Crippen molar-refractivity contribution in [1.29, 1.82) is 0 Å². The van der Waals surface area contributed by atoms with Gasteiger partial charge in [0.15, 0.2) is 11.2 Å². The maximum atomic E-state index is 12.5. The molecule has 4 rings (SSSR count). The smallest absolute Gasteiger partial charge is 0.280 e. The van der Waals surface area contributed by atoms with E-state index in [1.54, 1.807) is 0 Å². The number of nitrogen functional groups attached to an aromatic ring is 1. The zero-order chi connectivity index (χ0) is 27.7. The lowest BCUT2D eigenvalue weighted by Crippen LogP contribution is -2.64. The minimum atomic E-state index is -1.51. The second-order valence-electron chi connectivity index (χ2n) is 9.43. The Labute approximate surface area is 214 Å². The minimum absolute atomic E-state index is 0.00515. The molecule has 0 spiro atoms. The normalized spacial score (nSPS) is 35.9. The van der Waals surface area contributed by atoms with Gasteiger partial charge in [-0.05, 0) is 13.0 Å². The van der Waals surface area contributed by atoms with Gasteiger partial charge in [-0.15, -0.1) is 0 Å². The number of aromatic amines is 1. The molecule has 1 amide bonds. The highest BCUT2D eigenvalue weighted by Gasteiger charge is 2.47. The van der Waals surface area contributed by atoms with Crippen LogP contribution >= 0.6 is 0 Å². The second kappa shape index (κ2) is 11.5. The highest BCUT2D eigenvalue weighted by molar-refractivity contribution is 5.78.